The van der Waals surface area contributed by atoms with E-state index in [0.29, 0.717) is 16.1 Å². The Kier molecular flexibility index (Phi) is 4.20. The maximum atomic E-state index is 13.6. The van der Waals surface area contributed by atoms with Crippen molar-refractivity contribution < 1.29 is 8.78 Å². The van der Waals surface area contributed by atoms with Crippen LogP contribution in [0.4, 0.5) is 8.78 Å². The molecule has 0 bridgehead atoms. The lowest BCUT2D eigenvalue weighted by Gasteiger charge is -2.11. The van der Waals surface area contributed by atoms with E-state index in [1.165, 1.54) is 18.2 Å². The third-order valence-electron chi connectivity index (χ3n) is 2.66. The van der Waals surface area contributed by atoms with Crippen LogP contribution < -0.4 is 0 Å². The molecule has 0 N–H and O–H groups in total. The van der Waals surface area contributed by atoms with E-state index < -0.39 is 11.2 Å². The average molecular weight is 287 g/mol. The molecule has 0 amide bonds. The van der Waals surface area contributed by atoms with Crippen molar-refractivity contribution in [2.75, 3.05) is 0 Å². The Morgan fingerprint density at radius 1 is 1.00 bits per heavy atom. The molecule has 2 rings (SSSR count). The molecule has 94 valence electrons. The number of hydrogen-bond acceptors (Lipinski definition) is 0. The Morgan fingerprint density at radius 2 is 1.72 bits per heavy atom. The molecule has 4 heteroatoms. The summed E-state index contributed by atoms with van der Waals surface area (Å²) in [5.41, 5.74) is 0.788. The number of hydrogen-bond donors (Lipinski definition) is 0. The molecule has 0 heterocycles. The van der Waals surface area contributed by atoms with Crippen LogP contribution >= 0.6 is 23.2 Å². The second-order valence-electron chi connectivity index (χ2n) is 3.93. The van der Waals surface area contributed by atoms with E-state index in [9.17, 15) is 8.78 Å². The van der Waals surface area contributed by atoms with Gasteiger partial charge in [0.1, 0.15) is 11.6 Å². The third kappa shape index (κ3) is 3.01. The van der Waals surface area contributed by atoms with Crippen LogP contribution in [0.3, 0.4) is 0 Å². The molecule has 0 saturated carbocycles. The molecular formula is C14H10Cl2F2. The summed E-state index contributed by atoms with van der Waals surface area (Å²) in [7, 11) is 0. The smallest absolute Gasteiger partial charge is 0.129 e. The first-order valence-corrected chi connectivity index (χ1v) is 6.22. The zero-order valence-corrected chi connectivity index (χ0v) is 10.8. The van der Waals surface area contributed by atoms with Crippen molar-refractivity contribution in [3.63, 3.8) is 0 Å². The molecule has 1 unspecified atom stereocenters. The van der Waals surface area contributed by atoms with E-state index in [1.807, 2.05) is 0 Å². The van der Waals surface area contributed by atoms with Gasteiger partial charge in [-0.2, -0.15) is 0 Å². The molecule has 0 aliphatic rings. The summed E-state index contributed by atoms with van der Waals surface area (Å²) in [6, 6.07) is 10.6. The van der Waals surface area contributed by atoms with Crippen molar-refractivity contribution in [3.8, 4) is 0 Å². The summed E-state index contributed by atoms with van der Waals surface area (Å²) in [5, 5.41) is -0.315. The van der Waals surface area contributed by atoms with Gasteiger partial charge in [0.15, 0.2) is 0 Å². The maximum absolute atomic E-state index is 13.6. The first-order valence-electron chi connectivity index (χ1n) is 5.40. The molecule has 0 radical (unpaired) electrons. The van der Waals surface area contributed by atoms with Crippen LogP contribution in [0.15, 0.2) is 42.5 Å². The standard InChI is InChI=1S/C14H10Cl2F2/c15-10-5-6-11(14(18)8-10)12(16)7-9-3-1-2-4-13(9)17/h1-6,8,12H,7H2. The van der Waals surface area contributed by atoms with Crippen molar-refractivity contribution in [1.82, 2.24) is 0 Å². The first kappa shape index (κ1) is 13.3. The highest BCUT2D eigenvalue weighted by Gasteiger charge is 2.15. The largest absolute Gasteiger partial charge is 0.207 e. The Bertz CT molecular complexity index is 555. The molecule has 0 saturated heterocycles. The Balaban J connectivity index is 2.22. The SMILES string of the molecule is Fc1ccccc1CC(Cl)c1ccc(Cl)cc1F. The molecule has 2 aromatic carbocycles. The van der Waals surface area contributed by atoms with Crippen molar-refractivity contribution in [1.29, 1.82) is 0 Å². The van der Waals surface area contributed by atoms with Crippen molar-refractivity contribution in [3.05, 3.63) is 70.2 Å². The Labute approximate surface area is 114 Å². The Hall–Kier alpha value is -1.12. The van der Waals surface area contributed by atoms with Gasteiger partial charge in [-0.3, -0.25) is 0 Å². The molecule has 1 atom stereocenters. The van der Waals surface area contributed by atoms with E-state index in [4.69, 9.17) is 23.2 Å². The number of rotatable bonds is 3. The Morgan fingerprint density at radius 3 is 2.39 bits per heavy atom. The van der Waals surface area contributed by atoms with Crippen LogP contribution in [0.2, 0.25) is 5.02 Å². The minimum absolute atomic E-state index is 0.229. The monoisotopic (exact) mass is 286 g/mol. The maximum Gasteiger partial charge on any atom is 0.129 e. The highest BCUT2D eigenvalue weighted by atomic mass is 35.5. The highest BCUT2D eigenvalue weighted by molar-refractivity contribution is 6.30. The van der Waals surface area contributed by atoms with Gasteiger partial charge >= 0.3 is 0 Å². The van der Waals surface area contributed by atoms with E-state index in [2.05, 4.69) is 0 Å². The van der Waals surface area contributed by atoms with Gasteiger partial charge in [-0.25, -0.2) is 8.78 Å². The zero-order chi connectivity index (χ0) is 13.1. The second-order valence-corrected chi connectivity index (χ2v) is 4.89. The minimum atomic E-state index is -0.626. The van der Waals surface area contributed by atoms with Gasteiger partial charge in [-0.1, -0.05) is 35.9 Å². The van der Waals surface area contributed by atoms with Gasteiger partial charge in [0, 0.05) is 10.6 Å². The molecule has 0 nitrogen and oxygen atoms in total. The van der Waals surface area contributed by atoms with Crippen LogP contribution in [0, 0.1) is 11.6 Å². The number of alkyl halides is 1. The van der Waals surface area contributed by atoms with Crippen LogP contribution in [-0.2, 0) is 6.42 Å². The van der Waals surface area contributed by atoms with Crippen LogP contribution in [0.1, 0.15) is 16.5 Å². The second kappa shape index (κ2) is 5.68. The third-order valence-corrected chi connectivity index (χ3v) is 3.28. The normalized spacial score (nSPS) is 12.4. The fourth-order valence-corrected chi connectivity index (χ4v) is 2.22. The molecule has 0 aromatic heterocycles. The first-order chi connectivity index (χ1) is 8.58. The fraction of sp³-hybridized carbons (Fsp3) is 0.143. The van der Waals surface area contributed by atoms with Crippen molar-refractivity contribution in [2.45, 2.75) is 11.8 Å². The van der Waals surface area contributed by atoms with E-state index in [1.54, 1.807) is 24.3 Å². The van der Waals surface area contributed by atoms with Crippen molar-refractivity contribution >= 4 is 23.2 Å². The summed E-state index contributed by atoms with van der Waals surface area (Å²) in [6.07, 6.45) is 0.229. The lowest BCUT2D eigenvalue weighted by Crippen LogP contribution is -2.00. The van der Waals surface area contributed by atoms with Gasteiger partial charge in [-0.15, -0.1) is 11.6 Å². The predicted molar refractivity (Wildman–Crippen MR) is 70.1 cm³/mol. The zero-order valence-electron chi connectivity index (χ0n) is 9.34. The van der Waals surface area contributed by atoms with Crippen LogP contribution in [0.25, 0.3) is 0 Å². The van der Waals surface area contributed by atoms with Gasteiger partial charge in [0.05, 0.1) is 5.38 Å². The van der Waals surface area contributed by atoms with Crippen LogP contribution in [-0.4, -0.2) is 0 Å². The molecular weight excluding hydrogens is 277 g/mol. The summed E-state index contributed by atoms with van der Waals surface area (Å²) < 4.78 is 27.1. The van der Waals surface area contributed by atoms with Crippen LogP contribution in [0.5, 0.6) is 0 Å². The summed E-state index contributed by atoms with van der Waals surface area (Å²) in [5.74, 6) is -0.809. The molecule has 0 fully saturated rings. The van der Waals surface area contributed by atoms with E-state index in [-0.39, 0.29) is 12.2 Å². The van der Waals surface area contributed by atoms with Gasteiger partial charge in [0.25, 0.3) is 0 Å². The highest BCUT2D eigenvalue weighted by Crippen LogP contribution is 2.29. The molecule has 0 aliphatic heterocycles. The number of halogens is 4. The van der Waals surface area contributed by atoms with E-state index in [0.717, 1.165) is 0 Å². The average Bonchev–Trinajstić information content (AvgIpc) is 2.32. The molecule has 0 aliphatic carbocycles. The lowest BCUT2D eigenvalue weighted by atomic mass is 10.0. The predicted octanol–water partition coefficient (Wildman–Crippen LogP) is 5.14. The minimum Gasteiger partial charge on any atom is -0.207 e. The molecule has 0 spiro atoms. The summed E-state index contributed by atoms with van der Waals surface area (Å²) in [6.45, 7) is 0. The summed E-state index contributed by atoms with van der Waals surface area (Å²) in [4.78, 5) is 0. The number of benzene rings is 2. The topological polar surface area (TPSA) is 0 Å². The fourth-order valence-electron chi connectivity index (χ4n) is 1.72. The van der Waals surface area contributed by atoms with Gasteiger partial charge in [0.2, 0.25) is 0 Å². The molecule has 2 aromatic rings. The quantitative estimate of drug-likeness (QED) is 0.685. The van der Waals surface area contributed by atoms with Gasteiger partial charge < -0.3 is 0 Å². The van der Waals surface area contributed by atoms with Gasteiger partial charge in [-0.05, 0) is 30.2 Å². The summed E-state index contributed by atoms with van der Waals surface area (Å²) >= 11 is 11.8. The van der Waals surface area contributed by atoms with Crippen molar-refractivity contribution in [2.24, 2.45) is 0 Å². The molecule has 18 heavy (non-hydrogen) atoms. The van der Waals surface area contributed by atoms with E-state index >= 15 is 0 Å². The lowest BCUT2D eigenvalue weighted by molar-refractivity contribution is 0.592.